The van der Waals surface area contributed by atoms with Gasteiger partial charge >= 0.3 is 6.03 Å². The van der Waals surface area contributed by atoms with Crippen molar-refractivity contribution in [1.29, 1.82) is 0 Å². The van der Waals surface area contributed by atoms with E-state index in [9.17, 15) is 9.59 Å². The number of benzene rings is 2. The van der Waals surface area contributed by atoms with Crippen molar-refractivity contribution in [3.63, 3.8) is 0 Å². The zero-order valence-electron chi connectivity index (χ0n) is 16.6. The highest BCUT2D eigenvalue weighted by atomic mass is 32.2. The summed E-state index contributed by atoms with van der Waals surface area (Å²) < 4.78 is 5.19. The first-order valence-electron chi connectivity index (χ1n) is 9.71. The predicted molar refractivity (Wildman–Crippen MR) is 117 cm³/mol. The first kappa shape index (κ1) is 21.2. The van der Waals surface area contributed by atoms with Crippen molar-refractivity contribution in [2.24, 2.45) is 0 Å². The Bertz CT molecular complexity index is 820. The molecule has 7 heteroatoms. The maximum atomic E-state index is 12.4. The Morgan fingerprint density at radius 3 is 2.41 bits per heavy atom. The molecule has 2 aromatic rings. The van der Waals surface area contributed by atoms with Gasteiger partial charge in [0.2, 0.25) is 5.91 Å². The molecule has 0 atom stereocenters. The summed E-state index contributed by atoms with van der Waals surface area (Å²) in [6.45, 7) is 2.59. The van der Waals surface area contributed by atoms with E-state index in [0.717, 1.165) is 41.3 Å². The average molecular weight is 414 g/mol. The molecule has 1 aliphatic heterocycles. The maximum Gasteiger partial charge on any atom is 0.319 e. The van der Waals surface area contributed by atoms with Crippen molar-refractivity contribution in [2.75, 3.05) is 37.0 Å². The highest BCUT2D eigenvalue weighted by Gasteiger charge is 2.16. The molecule has 1 aliphatic rings. The van der Waals surface area contributed by atoms with Gasteiger partial charge in [-0.3, -0.25) is 4.79 Å². The standard InChI is InChI=1S/C22H27N3O3S/c1-28-16-19-5-3-2-4-18(19)15-23-22(27)24-20-8-6-17(7-9-20)14-21(26)25-10-12-29-13-11-25/h2-9H,10-16H2,1H3,(H2,23,24,27). The number of carbonyl (C=O) groups excluding carboxylic acids is 2. The lowest BCUT2D eigenvalue weighted by Crippen LogP contribution is -2.38. The molecule has 0 unspecified atom stereocenters. The summed E-state index contributed by atoms with van der Waals surface area (Å²) in [7, 11) is 1.65. The number of thioether (sulfide) groups is 1. The van der Waals surface area contributed by atoms with Crippen LogP contribution in [0.5, 0.6) is 0 Å². The SMILES string of the molecule is COCc1ccccc1CNC(=O)Nc1ccc(CC(=O)N2CCSCC2)cc1. The molecule has 0 bridgehead atoms. The van der Waals surface area contributed by atoms with Crippen LogP contribution < -0.4 is 10.6 Å². The molecule has 0 aliphatic carbocycles. The second-order valence-corrected chi connectivity index (χ2v) is 8.10. The van der Waals surface area contributed by atoms with Crippen LogP contribution >= 0.6 is 11.8 Å². The van der Waals surface area contributed by atoms with Crippen LogP contribution in [-0.2, 0) is 29.1 Å². The summed E-state index contributed by atoms with van der Waals surface area (Å²) in [6.07, 6.45) is 0.396. The van der Waals surface area contributed by atoms with Crippen molar-refractivity contribution in [1.82, 2.24) is 10.2 Å². The van der Waals surface area contributed by atoms with Gasteiger partial charge in [-0.1, -0.05) is 36.4 Å². The lowest BCUT2D eigenvalue weighted by molar-refractivity contribution is -0.130. The highest BCUT2D eigenvalue weighted by molar-refractivity contribution is 7.99. The van der Waals surface area contributed by atoms with Crippen molar-refractivity contribution >= 4 is 29.4 Å². The molecular weight excluding hydrogens is 386 g/mol. The molecular formula is C22H27N3O3S. The molecule has 154 valence electrons. The number of hydrogen-bond acceptors (Lipinski definition) is 4. The number of hydrogen-bond donors (Lipinski definition) is 2. The van der Waals surface area contributed by atoms with Crippen LogP contribution in [-0.4, -0.2) is 48.5 Å². The van der Waals surface area contributed by atoms with Gasteiger partial charge in [-0.15, -0.1) is 0 Å². The minimum atomic E-state index is -0.271. The Balaban J connectivity index is 1.48. The van der Waals surface area contributed by atoms with Gasteiger partial charge in [0.25, 0.3) is 0 Å². The van der Waals surface area contributed by atoms with E-state index in [-0.39, 0.29) is 11.9 Å². The van der Waals surface area contributed by atoms with Crippen LogP contribution in [0, 0.1) is 0 Å². The first-order valence-corrected chi connectivity index (χ1v) is 10.9. The number of nitrogens with one attached hydrogen (secondary N) is 2. The van der Waals surface area contributed by atoms with Crippen molar-refractivity contribution in [2.45, 2.75) is 19.6 Å². The molecule has 3 amide bonds. The number of carbonyl (C=O) groups is 2. The number of methoxy groups -OCH3 is 1. The molecule has 6 nitrogen and oxygen atoms in total. The summed E-state index contributed by atoms with van der Waals surface area (Å²) in [5.74, 6) is 2.19. The summed E-state index contributed by atoms with van der Waals surface area (Å²) in [4.78, 5) is 26.5. The average Bonchev–Trinajstić information content (AvgIpc) is 2.75. The molecule has 2 aromatic carbocycles. The first-order chi connectivity index (χ1) is 14.2. The number of nitrogens with zero attached hydrogens (tertiary/aromatic N) is 1. The van der Waals surface area contributed by atoms with E-state index in [4.69, 9.17) is 4.74 Å². The molecule has 0 aromatic heterocycles. The van der Waals surface area contributed by atoms with Crippen molar-refractivity contribution in [3.05, 3.63) is 65.2 Å². The topological polar surface area (TPSA) is 70.7 Å². The fraction of sp³-hybridized carbons (Fsp3) is 0.364. The fourth-order valence-electron chi connectivity index (χ4n) is 3.18. The van der Waals surface area contributed by atoms with Crippen LogP contribution in [0.25, 0.3) is 0 Å². The Morgan fingerprint density at radius 2 is 1.72 bits per heavy atom. The molecule has 2 N–H and O–H groups in total. The Hall–Kier alpha value is -2.51. The largest absolute Gasteiger partial charge is 0.380 e. The molecule has 0 radical (unpaired) electrons. The van der Waals surface area contributed by atoms with Gasteiger partial charge in [-0.25, -0.2) is 4.79 Å². The van der Waals surface area contributed by atoms with Gasteiger partial charge in [0, 0.05) is 43.9 Å². The van der Waals surface area contributed by atoms with Crippen LogP contribution in [0.15, 0.2) is 48.5 Å². The Kier molecular flexibility index (Phi) is 7.95. The summed E-state index contributed by atoms with van der Waals surface area (Å²) in [5, 5.41) is 5.70. The second-order valence-electron chi connectivity index (χ2n) is 6.88. The molecule has 1 saturated heterocycles. The lowest BCUT2D eigenvalue weighted by Gasteiger charge is -2.26. The lowest BCUT2D eigenvalue weighted by atomic mass is 10.1. The summed E-state index contributed by atoms with van der Waals surface area (Å²) in [6, 6.07) is 15.0. The third-order valence-electron chi connectivity index (χ3n) is 4.79. The van der Waals surface area contributed by atoms with Gasteiger partial charge in [0.15, 0.2) is 0 Å². The fourth-order valence-corrected chi connectivity index (χ4v) is 4.09. The summed E-state index contributed by atoms with van der Waals surface area (Å²) >= 11 is 1.89. The number of rotatable bonds is 7. The van der Waals surface area contributed by atoms with E-state index in [0.29, 0.717) is 25.3 Å². The number of amides is 3. The van der Waals surface area contributed by atoms with E-state index in [1.54, 1.807) is 7.11 Å². The van der Waals surface area contributed by atoms with Crippen LogP contribution in [0.2, 0.25) is 0 Å². The monoisotopic (exact) mass is 413 g/mol. The van der Waals surface area contributed by atoms with Crippen molar-refractivity contribution < 1.29 is 14.3 Å². The molecule has 1 heterocycles. The predicted octanol–water partition coefficient (Wildman–Crippen LogP) is 3.27. The normalized spacial score (nSPS) is 13.8. The van der Waals surface area contributed by atoms with Crippen molar-refractivity contribution in [3.8, 4) is 0 Å². The number of anilines is 1. The third kappa shape index (κ3) is 6.51. The number of ether oxygens (including phenoxy) is 1. The minimum absolute atomic E-state index is 0.165. The van der Waals surface area contributed by atoms with Gasteiger partial charge in [0.05, 0.1) is 13.0 Å². The minimum Gasteiger partial charge on any atom is -0.380 e. The van der Waals surface area contributed by atoms with E-state index in [2.05, 4.69) is 10.6 Å². The smallest absolute Gasteiger partial charge is 0.319 e. The quantitative estimate of drug-likeness (QED) is 0.731. The zero-order valence-corrected chi connectivity index (χ0v) is 17.5. The van der Waals surface area contributed by atoms with Gasteiger partial charge in [-0.2, -0.15) is 11.8 Å². The van der Waals surface area contributed by atoms with E-state index < -0.39 is 0 Å². The van der Waals surface area contributed by atoms with Crippen LogP contribution in [0.1, 0.15) is 16.7 Å². The third-order valence-corrected chi connectivity index (χ3v) is 5.73. The molecule has 1 fully saturated rings. The molecule has 29 heavy (non-hydrogen) atoms. The van der Waals surface area contributed by atoms with Gasteiger partial charge < -0.3 is 20.3 Å². The Morgan fingerprint density at radius 1 is 1.03 bits per heavy atom. The highest BCUT2D eigenvalue weighted by Crippen LogP contribution is 2.14. The van der Waals surface area contributed by atoms with Gasteiger partial charge in [0.1, 0.15) is 0 Å². The number of urea groups is 1. The van der Waals surface area contributed by atoms with Crippen LogP contribution in [0.4, 0.5) is 10.5 Å². The second kappa shape index (κ2) is 10.9. The van der Waals surface area contributed by atoms with E-state index in [1.807, 2.05) is 65.2 Å². The van der Waals surface area contributed by atoms with E-state index in [1.165, 1.54) is 0 Å². The van der Waals surface area contributed by atoms with Gasteiger partial charge in [-0.05, 0) is 28.8 Å². The molecule has 0 saturated carbocycles. The van der Waals surface area contributed by atoms with Crippen LogP contribution in [0.3, 0.4) is 0 Å². The maximum absolute atomic E-state index is 12.4. The van der Waals surface area contributed by atoms with E-state index >= 15 is 0 Å². The Labute approximate surface area is 176 Å². The zero-order chi connectivity index (χ0) is 20.5. The molecule has 3 rings (SSSR count). The summed E-state index contributed by atoms with van der Waals surface area (Å²) in [5.41, 5.74) is 3.72. The molecule has 0 spiro atoms.